The fraction of sp³-hybridized carbons (Fsp3) is 0.778. The molecule has 3 nitrogen and oxygen atoms in total. The highest BCUT2D eigenvalue weighted by Crippen LogP contribution is 2.27. The molecule has 1 N–H and O–H groups in total. The monoisotopic (exact) mass is 322 g/mol. The number of aromatic nitrogens is 1. The second-order valence-electron chi connectivity index (χ2n) is 6.30. The maximum absolute atomic E-state index is 11.7. The number of rotatable bonds is 10. The van der Waals surface area contributed by atoms with Crippen LogP contribution in [0.1, 0.15) is 80.3 Å². The summed E-state index contributed by atoms with van der Waals surface area (Å²) in [6, 6.07) is 0. The lowest BCUT2D eigenvalue weighted by Crippen LogP contribution is -2.24. The molecule has 0 aliphatic heterocycles. The Morgan fingerprint density at radius 3 is 2.77 bits per heavy atom. The number of thiazole rings is 1. The van der Waals surface area contributed by atoms with Gasteiger partial charge in [-0.05, 0) is 38.5 Å². The normalized spacial score (nSPS) is 13.9. The highest BCUT2D eigenvalue weighted by atomic mass is 32.1. The molecule has 1 amide bonds. The van der Waals surface area contributed by atoms with Crippen LogP contribution in [0.2, 0.25) is 0 Å². The third-order valence-corrected chi connectivity index (χ3v) is 5.50. The largest absolute Gasteiger partial charge is 0.356 e. The summed E-state index contributed by atoms with van der Waals surface area (Å²) in [7, 11) is 0. The number of hydrogen-bond donors (Lipinski definition) is 1. The van der Waals surface area contributed by atoms with Crippen LogP contribution in [-0.4, -0.2) is 17.4 Å². The van der Waals surface area contributed by atoms with Crippen LogP contribution in [0.15, 0.2) is 0 Å². The summed E-state index contributed by atoms with van der Waals surface area (Å²) in [4.78, 5) is 18.0. The van der Waals surface area contributed by atoms with Crippen LogP contribution in [0.5, 0.6) is 0 Å². The summed E-state index contributed by atoms with van der Waals surface area (Å²) in [5.41, 5.74) is 1.35. The SMILES string of the molecule is CCCCCCCC(=O)NCCCc1nc2c(s1)CCCC2. The average molecular weight is 323 g/mol. The highest BCUT2D eigenvalue weighted by molar-refractivity contribution is 7.11. The summed E-state index contributed by atoms with van der Waals surface area (Å²) in [6.45, 7) is 3.00. The van der Waals surface area contributed by atoms with Gasteiger partial charge in [-0.25, -0.2) is 4.98 Å². The summed E-state index contributed by atoms with van der Waals surface area (Å²) in [5.74, 6) is 0.218. The number of aryl methyl sites for hydroxylation is 3. The summed E-state index contributed by atoms with van der Waals surface area (Å²) >= 11 is 1.89. The van der Waals surface area contributed by atoms with E-state index in [-0.39, 0.29) is 5.91 Å². The summed E-state index contributed by atoms with van der Waals surface area (Å²) < 4.78 is 0. The van der Waals surface area contributed by atoms with Gasteiger partial charge in [-0.3, -0.25) is 4.79 Å². The average Bonchev–Trinajstić information content (AvgIpc) is 2.94. The number of unbranched alkanes of at least 4 members (excludes halogenated alkanes) is 4. The molecular weight excluding hydrogens is 292 g/mol. The standard InChI is InChI=1S/C18H30N2OS/c1-2-3-4-5-6-12-17(21)19-14-9-13-18-20-15-10-7-8-11-16(15)22-18/h2-14H2,1H3,(H,19,21). The zero-order valence-corrected chi connectivity index (χ0v) is 14.8. The lowest BCUT2D eigenvalue weighted by Gasteiger charge is -2.06. The fourth-order valence-electron chi connectivity index (χ4n) is 2.96. The summed E-state index contributed by atoms with van der Waals surface area (Å²) in [5, 5.41) is 4.31. The predicted octanol–water partition coefficient (Wildman–Crippen LogP) is 4.43. The highest BCUT2D eigenvalue weighted by Gasteiger charge is 2.14. The van der Waals surface area contributed by atoms with Crippen molar-refractivity contribution in [2.45, 2.75) is 84.0 Å². The third-order valence-electron chi connectivity index (χ3n) is 4.29. The van der Waals surface area contributed by atoms with E-state index >= 15 is 0 Å². The van der Waals surface area contributed by atoms with Gasteiger partial charge in [0.2, 0.25) is 5.91 Å². The quantitative estimate of drug-likeness (QED) is 0.647. The molecule has 0 saturated heterocycles. The second-order valence-corrected chi connectivity index (χ2v) is 7.47. The minimum Gasteiger partial charge on any atom is -0.356 e. The molecule has 0 unspecified atom stereocenters. The molecule has 0 saturated carbocycles. The van der Waals surface area contributed by atoms with Crippen molar-refractivity contribution in [2.75, 3.05) is 6.54 Å². The van der Waals surface area contributed by atoms with Crippen molar-refractivity contribution in [3.05, 3.63) is 15.6 Å². The first-order chi connectivity index (χ1) is 10.8. The molecule has 0 spiro atoms. The molecule has 22 heavy (non-hydrogen) atoms. The van der Waals surface area contributed by atoms with Crippen LogP contribution in [-0.2, 0) is 24.1 Å². The predicted molar refractivity (Wildman–Crippen MR) is 93.5 cm³/mol. The number of nitrogens with zero attached hydrogens (tertiary/aromatic N) is 1. The van der Waals surface area contributed by atoms with Crippen molar-refractivity contribution < 1.29 is 4.79 Å². The van der Waals surface area contributed by atoms with E-state index in [0.717, 1.165) is 25.8 Å². The van der Waals surface area contributed by atoms with Crippen molar-refractivity contribution in [1.82, 2.24) is 10.3 Å². The Hall–Kier alpha value is -0.900. The molecule has 124 valence electrons. The van der Waals surface area contributed by atoms with E-state index in [9.17, 15) is 4.79 Å². The van der Waals surface area contributed by atoms with Crippen molar-refractivity contribution >= 4 is 17.2 Å². The number of carbonyl (C=O) groups is 1. The number of hydrogen-bond acceptors (Lipinski definition) is 3. The van der Waals surface area contributed by atoms with Crippen molar-refractivity contribution in [3.63, 3.8) is 0 Å². The van der Waals surface area contributed by atoms with Crippen LogP contribution in [0, 0.1) is 0 Å². The molecule has 1 aliphatic rings. The van der Waals surface area contributed by atoms with Crippen LogP contribution in [0.25, 0.3) is 0 Å². The third kappa shape index (κ3) is 6.07. The Balaban J connectivity index is 1.53. The zero-order valence-electron chi connectivity index (χ0n) is 14.0. The molecule has 0 radical (unpaired) electrons. The lowest BCUT2D eigenvalue weighted by atomic mass is 10.0. The first-order valence-electron chi connectivity index (χ1n) is 9.03. The fourth-order valence-corrected chi connectivity index (χ4v) is 4.16. The smallest absolute Gasteiger partial charge is 0.219 e. The maximum Gasteiger partial charge on any atom is 0.219 e. The van der Waals surface area contributed by atoms with Crippen LogP contribution < -0.4 is 5.32 Å². The van der Waals surface area contributed by atoms with E-state index in [1.165, 1.54) is 66.9 Å². The van der Waals surface area contributed by atoms with Gasteiger partial charge in [-0.1, -0.05) is 32.6 Å². The number of fused-ring (bicyclic) bond motifs is 1. The molecule has 0 aromatic carbocycles. The van der Waals surface area contributed by atoms with Crippen molar-refractivity contribution in [1.29, 1.82) is 0 Å². The van der Waals surface area contributed by atoms with E-state index in [4.69, 9.17) is 4.98 Å². The zero-order chi connectivity index (χ0) is 15.6. The van der Waals surface area contributed by atoms with Gasteiger partial charge in [0, 0.05) is 24.3 Å². The van der Waals surface area contributed by atoms with Crippen LogP contribution in [0.4, 0.5) is 0 Å². The molecule has 0 fully saturated rings. The van der Waals surface area contributed by atoms with Gasteiger partial charge in [0.25, 0.3) is 0 Å². The van der Waals surface area contributed by atoms with Crippen LogP contribution in [0.3, 0.4) is 0 Å². The van der Waals surface area contributed by atoms with E-state index in [2.05, 4.69) is 12.2 Å². The Morgan fingerprint density at radius 2 is 1.95 bits per heavy atom. The molecule has 0 bridgehead atoms. The molecule has 4 heteroatoms. The number of nitrogens with one attached hydrogen (secondary N) is 1. The Morgan fingerprint density at radius 1 is 1.14 bits per heavy atom. The van der Waals surface area contributed by atoms with Gasteiger partial charge in [0.15, 0.2) is 0 Å². The van der Waals surface area contributed by atoms with Gasteiger partial charge in [0.05, 0.1) is 10.7 Å². The van der Waals surface area contributed by atoms with E-state index in [1.54, 1.807) is 0 Å². The summed E-state index contributed by atoms with van der Waals surface area (Å²) in [6.07, 6.45) is 13.7. The van der Waals surface area contributed by atoms with Gasteiger partial charge >= 0.3 is 0 Å². The molecule has 1 aromatic heterocycles. The van der Waals surface area contributed by atoms with Crippen molar-refractivity contribution in [2.24, 2.45) is 0 Å². The van der Waals surface area contributed by atoms with E-state index in [0.29, 0.717) is 6.42 Å². The topological polar surface area (TPSA) is 42.0 Å². The molecular formula is C18H30N2OS. The maximum atomic E-state index is 11.7. The minimum atomic E-state index is 0.218. The number of carbonyl (C=O) groups excluding carboxylic acids is 1. The molecule has 2 rings (SSSR count). The van der Waals surface area contributed by atoms with Crippen LogP contribution >= 0.6 is 11.3 Å². The first-order valence-corrected chi connectivity index (χ1v) is 9.85. The molecule has 1 aliphatic carbocycles. The minimum absolute atomic E-state index is 0.218. The molecule has 0 atom stereocenters. The Kier molecular flexibility index (Phi) is 7.92. The number of amides is 1. The Labute approximate surface area is 138 Å². The van der Waals surface area contributed by atoms with Gasteiger partial charge < -0.3 is 5.32 Å². The van der Waals surface area contributed by atoms with E-state index < -0.39 is 0 Å². The first kappa shape index (κ1) is 17.5. The van der Waals surface area contributed by atoms with Crippen molar-refractivity contribution in [3.8, 4) is 0 Å². The van der Waals surface area contributed by atoms with E-state index in [1.807, 2.05) is 11.3 Å². The molecule has 1 aromatic rings. The van der Waals surface area contributed by atoms with Gasteiger partial charge in [-0.2, -0.15) is 0 Å². The Bertz CT molecular complexity index is 432. The van der Waals surface area contributed by atoms with Gasteiger partial charge in [-0.15, -0.1) is 11.3 Å². The molecule has 1 heterocycles. The second kappa shape index (κ2) is 9.98. The lowest BCUT2D eigenvalue weighted by molar-refractivity contribution is -0.121. The van der Waals surface area contributed by atoms with Gasteiger partial charge in [0.1, 0.15) is 0 Å².